The van der Waals surface area contributed by atoms with Crippen LogP contribution < -0.4 is 4.74 Å². The fourth-order valence-electron chi connectivity index (χ4n) is 1.90. The topological polar surface area (TPSA) is 85.5 Å². The second-order valence-corrected chi connectivity index (χ2v) is 4.38. The number of nitro groups is 1. The lowest BCUT2D eigenvalue weighted by Gasteiger charge is -2.05. The number of phenols is 1. The number of hydrogen-bond donors (Lipinski definition) is 1. The van der Waals surface area contributed by atoms with Gasteiger partial charge in [0, 0.05) is 23.6 Å². The largest absolute Gasteiger partial charge is 0.508 e. The van der Waals surface area contributed by atoms with Crippen LogP contribution in [0.1, 0.15) is 0 Å². The van der Waals surface area contributed by atoms with Crippen molar-refractivity contribution >= 4 is 16.6 Å². The number of fused-ring (bicyclic) bond motifs is 1. The summed E-state index contributed by atoms with van der Waals surface area (Å²) in [7, 11) is 0. The van der Waals surface area contributed by atoms with Gasteiger partial charge < -0.3 is 9.84 Å². The lowest BCUT2D eigenvalue weighted by Crippen LogP contribution is -1.90. The molecular formula is C15H10N2O4. The van der Waals surface area contributed by atoms with Gasteiger partial charge in [0.05, 0.1) is 10.4 Å². The minimum atomic E-state index is -0.444. The predicted octanol–water partition coefficient (Wildman–Crippen LogP) is 3.64. The first-order chi connectivity index (χ1) is 10.1. The molecule has 0 aliphatic carbocycles. The fraction of sp³-hybridized carbons (Fsp3) is 0. The number of phenolic OH excluding ortho intramolecular Hbond substituents is 1. The molecule has 0 unspecified atom stereocenters. The van der Waals surface area contributed by atoms with Gasteiger partial charge in [-0.2, -0.15) is 0 Å². The summed E-state index contributed by atoms with van der Waals surface area (Å²) in [5.74, 6) is 1.07. The third kappa shape index (κ3) is 2.74. The average molecular weight is 282 g/mol. The van der Waals surface area contributed by atoms with Gasteiger partial charge >= 0.3 is 0 Å². The Labute approximate surface area is 119 Å². The maximum atomic E-state index is 10.7. The molecule has 0 aliphatic rings. The average Bonchev–Trinajstić information content (AvgIpc) is 2.49. The summed E-state index contributed by atoms with van der Waals surface area (Å²) in [4.78, 5) is 14.6. The van der Waals surface area contributed by atoms with E-state index >= 15 is 0 Å². The monoisotopic (exact) mass is 282 g/mol. The molecule has 6 heteroatoms. The first-order valence-corrected chi connectivity index (χ1v) is 6.14. The molecule has 104 valence electrons. The van der Waals surface area contributed by atoms with Crippen LogP contribution in [0.4, 0.5) is 5.69 Å². The lowest BCUT2D eigenvalue weighted by atomic mass is 10.2. The number of aromatic nitrogens is 1. The standard InChI is InChI=1S/C15H10N2O4/c18-12-3-5-13(6-4-12)21-15-8-1-10-9-11(17(19)20)2-7-14(10)16-15/h1-9,18H. The van der Waals surface area contributed by atoms with E-state index in [9.17, 15) is 15.2 Å². The molecule has 2 aromatic carbocycles. The van der Waals surface area contributed by atoms with E-state index < -0.39 is 4.92 Å². The number of ether oxygens (including phenoxy) is 1. The van der Waals surface area contributed by atoms with Crippen LogP contribution >= 0.6 is 0 Å². The third-order valence-corrected chi connectivity index (χ3v) is 2.92. The van der Waals surface area contributed by atoms with Crippen molar-refractivity contribution in [3.8, 4) is 17.4 Å². The Morgan fingerprint density at radius 3 is 2.52 bits per heavy atom. The summed E-state index contributed by atoms with van der Waals surface area (Å²) in [6.07, 6.45) is 0. The summed E-state index contributed by atoms with van der Waals surface area (Å²) < 4.78 is 5.56. The van der Waals surface area contributed by atoms with Crippen molar-refractivity contribution in [1.29, 1.82) is 0 Å². The quantitative estimate of drug-likeness (QED) is 0.585. The second kappa shape index (κ2) is 5.09. The number of pyridine rings is 1. The van der Waals surface area contributed by atoms with E-state index in [-0.39, 0.29) is 11.4 Å². The van der Waals surface area contributed by atoms with E-state index in [1.165, 1.54) is 24.3 Å². The van der Waals surface area contributed by atoms with E-state index in [0.29, 0.717) is 22.5 Å². The number of hydrogen-bond acceptors (Lipinski definition) is 5. The molecule has 21 heavy (non-hydrogen) atoms. The molecule has 3 rings (SSSR count). The van der Waals surface area contributed by atoms with Crippen LogP contribution in [0.2, 0.25) is 0 Å². The lowest BCUT2D eigenvalue weighted by molar-refractivity contribution is -0.384. The molecule has 0 atom stereocenters. The normalized spacial score (nSPS) is 10.5. The van der Waals surface area contributed by atoms with Gasteiger partial charge in [-0.25, -0.2) is 4.98 Å². The number of aromatic hydroxyl groups is 1. The van der Waals surface area contributed by atoms with E-state index in [4.69, 9.17) is 4.74 Å². The van der Waals surface area contributed by atoms with Crippen LogP contribution in [-0.2, 0) is 0 Å². The first-order valence-electron chi connectivity index (χ1n) is 6.14. The Bertz CT molecular complexity index is 816. The zero-order chi connectivity index (χ0) is 14.8. The molecule has 0 bridgehead atoms. The first kappa shape index (κ1) is 12.9. The van der Waals surface area contributed by atoms with Crippen molar-refractivity contribution in [3.63, 3.8) is 0 Å². The molecule has 0 aliphatic heterocycles. The van der Waals surface area contributed by atoms with Gasteiger partial charge in [0.2, 0.25) is 5.88 Å². The molecule has 0 amide bonds. The third-order valence-electron chi connectivity index (χ3n) is 2.92. The minimum Gasteiger partial charge on any atom is -0.508 e. The summed E-state index contributed by atoms with van der Waals surface area (Å²) >= 11 is 0. The Morgan fingerprint density at radius 1 is 1.05 bits per heavy atom. The van der Waals surface area contributed by atoms with Crippen molar-refractivity contribution in [2.24, 2.45) is 0 Å². The zero-order valence-corrected chi connectivity index (χ0v) is 10.8. The number of rotatable bonds is 3. The maximum absolute atomic E-state index is 10.7. The minimum absolute atomic E-state index is 0.0245. The number of benzene rings is 2. The zero-order valence-electron chi connectivity index (χ0n) is 10.8. The van der Waals surface area contributed by atoms with Crippen molar-refractivity contribution in [2.75, 3.05) is 0 Å². The van der Waals surface area contributed by atoms with Gasteiger partial charge in [-0.3, -0.25) is 10.1 Å². The SMILES string of the molecule is O=[N+]([O-])c1ccc2nc(Oc3ccc(O)cc3)ccc2c1. The summed E-state index contributed by atoms with van der Waals surface area (Å²) in [5.41, 5.74) is 0.633. The highest BCUT2D eigenvalue weighted by Crippen LogP contribution is 2.25. The molecule has 1 N–H and O–H groups in total. The van der Waals surface area contributed by atoms with E-state index in [1.807, 2.05) is 0 Å². The van der Waals surface area contributed by atoms with Crippen LogP contribution in [0.25, 0.3) is 10.9 Å². The number of non-ortho nitro benzene ring substituents is 1. The highest BCUT2D eigenvalue weighted by atomic mass is 16.6. The van der Waals surface area contributed by atoms with Crippen LogP contribution in [-0.4, -0.2) is 15.0 Å². The molecule has 0 radical (unpaired) electrons. The second-order valence-electron chi connectivity index (χ2n) is 4.38. The summed E-state index contributed by atoms with van der Waals surface area (Å²) in [5, 5.41) is 20.6. The molecule has 0 saturated heterocycles. The van der Waals surface area contributed by atoms with Gasteiger partial charge in [0.25, 0.3) is 5.69 Å². The van der Waals surface area contributed by atoms with Gasteiger partial charge in [-0.1, -0.05) is 0 Å². The van der Waals surface area contributed by atoms with Gasteiger partial charge in [-0.15, -0.1) is 0 Å². The summed E-state index contributed by atoms with van der Waals surface area (Å²) in [6.45, 7) is 0. The Balaban J connectivity index is 1.92. The Hall–Kier alpha value is -3.15. The highest BCUT2D eigenvalue weighted by Gasteiger charge is 2.08. The van der Waals surface area contributed by atoms with Gasteiger partial charge in [-0.05, 0) is 36.4 Å². The fourth-order valence-corrected chi connectivity index (χ4v) is 1.90. The Morgan fingerprint density at radius 2 is 1.81 bits per heavy atom. The van der Waals surface area contributed by atoms with Crippen LogP contribution in [0.3, 0.4) is 0 Å². The van der Waals surface area contributed by atoms with Crippen LogP contribution in [0.5, 0.6) is 17.4 Å². The van der Waals surface area contributed by atoms with Gasteiger partial charge in [0.1, 0.15) is 11.5 Å². The molecule has 0 saturated carbocycles. The highest BCUT2D eigenvalue weighted by molar-refractivity contribution is 5.81. The van der Waals surface area contributed by atoms with Crippen LogP contribution in [0.15, 0.2) is 54.6 Å². The van der Waals surface area contributed by atoms with Crippen molar-refractivity contribution < 1.29 is 14.8 Å². The van der Waals surface area contributed by atoms with Crippen molar-refractivity contribution in [2.45, 2.75) is 0 Å². The molecule has 1 heterocycles. The van der Waals surface area contributed by atoms with Crippen molar-refractivity contribution in [1.82, 2.24) is 4.98 Å². The molecule has 1 aromatic heterocycles. The van der Waals surface area contributed by atoms with Crippen molar-refractivity contribution in [3.05, 3.63) is 64.7 Å². The summed E-state index contributed by atoms with van der Waals surface area (Å²) in [6, 6.07) is 14.1. The molecule has 3 aromatic rings. The van der Waals surface area contributed by atoms with E-state index in [2.05, 4.69) is 4.98 Å². The molecular weight excluding hydrogens is 272 g/mol. The molecule has 0 spiro atoms. The van der Waals surface area contributed by atoms with Gasteiger partial charge in [0.15, 0.2) is 0 Å². The predicted molar refractivity (Wildman–Crippen MR) is 76.6 cm³/mol. The molecule has 6 nitrogen and oxygen atoms in total. The number of nitro benzene ring substituents is 1. The van der Waals surface area contributed by atoms with Crippen LogP contribution in [0, 0.1) is 10.1 Å². The smallest absolute Gasteiger partial charge is 0.270 e. The molecule has 0 fully saturated rings. The number of nitrogens with zero attached hydrogens (tertiary/aromatic N) is 2. The Kier molecular flexibility index (Phi) is 3.12. The van der Waals surface area contributed by atoms with E-state index in [1.54, 1.807) is 30.3 Å². The maximum Gasteiger partial charge on any atom is 0.270 e. The van der Waals surface area contributed by atoms with E-state index in [0.717, 1.165) is 0 Å².